The van der Waals surface area contributed by atoms with Gasteiger partial charge in [0.2, 0.25) is 5.91 Å². The SMILES string of the molecule is Cc1ccc(C2=NCc3cc4c(cc32)CN([C@@H]2CCN(CC(F)(F)F)C2)C(=O)C4)cn1. The molecule has 31 heavy (non-hydrogen) atoms. The van der Waals surface area contributed by atoms with Gasteiger partial charge in [0.25, 0.3) is 0 Å². The molecule has 1 amide bonds. The van der Waals surface area contributed by atoms with Crippen LogP contribution in [0.1, 0.15) is 39.9 Å². The second-order valence-corrected chi connectivity index (χ2v) is 8.62. The first-order valence-corrected chi connectivity index (χ1v) is 10.5. The van der Waals surface area contributed by atoms with Crippen molar-refractivity contribution in [3.05, 3.63) is 64.0 Å². The standard InChI is InChI=1S/C23H23F3N4O/c1-14-2-3-15(9-27-14)22-20-7-18-11-30(19-4-5-29(12-19)13-23(24,25)26)21(31)8-16(18)6-17(20)10-28-22/h2-3,6-7,9,19H,4-5,8,10-13H2,1H3/t19-/m1/s1. The van der Waals surface area contributed by atoms with Crippen molar-refractivity contribution in [1.82, 2.24) is 14.8 Å². The number of nitrogens with zero attached hydrogens (tertiary/aromatic N) is 4. The van der Waals surface area contributed by atoms with E-state index in [1.165, 1.54) is 4.90 Å². The number of hydrogen-bond donors (Lipinski definition) is 0. The molecule has 0 spiro atoms. The van der Waals surface area contributed by atoms with Crippen LogP contribution in [0.2, 0.25) is 0 Å². The van der Waals surface area contributed by atoms with Crippen LogP contribution in [-0.2, 0) is 24.3 Å². The Balaban J connectivity index is 1.37. The number of amides is 1. The average molecular weight is 428 g/mol. The second-order valence-electron chi connectivity index (χ2n) is 8.62. The molecule has 1 atom stereocenters. The highest BCUT2D eigenvalue weighted by molar-refractivity contribution is 6.15. The molecule has 5 nitrogen and oxygen atoms in total. The summed E-state index contributed by atoms with van der Waals surface area (Å²) in [5.74, 6) is -0.00631. The number of halogens is 3. The summed E-state index contributed by atoms with van der Waals surface area (Å²) in [4.78, 5) is 25.0. The van der Waals surface area contributed by atoms with Crippen molar-refractivity contribution < 1.29 is 18.0 Å². The van der Waals surface area contributed by atoms with E-state index in [2.05, 4.69) is 17.1 Å². The fraction of sp³-hybridized carbons (Fsp3) is 0.435. The third kappa shape index (κ3) is 3.96. The van der Waals surface area contributed by atoms with Gasteiger partial charge in [0.1, 0.15) is 0 Å². The number of alkyl halides is 3. The number of carbonyl (C=O) groups excluding carboxylic acids is 1. The molecule has 1 aromatic carbocycles. The molecule has 1 aromatic heterocycles. The minimum atomic E-state index is -4.21. The van der Waals surface area contributed by atoms with Gasteiger partial charge in [-0.15, -0.1) is 0 Å². The molecule has 1 fully saturated rings. The molecule has 0 unspecified atom stereocenters. The van der Waals surface area contributed by atoms with Gasteiger partial charge in [0.05, 0.1) is 25.2 Å². The van der Waals surface area contributed by atoms with E-state index in [9.17, 15) is 18.0 Å². The maximum atomic E-state index is 12.8. The molecule has 2 aromatic rings. The number of rotatable bonds is 3. The van der Waals surface area contributed by atoms with Gasteiger partial charge in [-0.3, -0.25) is 19.7 Å². The lowest BCUT2D eigenvalue weighted by molar-refractivity contribution is -0.144. The molecule has 0 bridgehead atoms. The van der Waals surface area contributed by atoms with Gasteiger partial charge in [0.15, 0.2) is 0 Å². The molecular formula is C23H23F3N4O. The van der Waals surface area contributed by atoms with E-state index in [1.54, 1.807) is 4.90 Å². The van der Waals surface area contributed by atoms with Crippen LogP contribution in [0, 0.1) is 6.92 Å². The van der Waals surface area contributed by atoms with Gasteiger partial charge >= 0.3 is 6.18 Å². The highest BCUT2D eigenvalue weighted by Gasteiger charge is 2.38. The van der Waals surface area contributed by atoms with Crippen molar-refractivity contribution in [3.8, 4) is 0 Å². The molecule has 4 heterocycles. The van der Waals surface area contributed by atoms with E-state index < -0.39 is 12.7 Å². The Bertz CT molecular complexity index is 1060. The lowest BCUT2D eigenvalue weighted by atomic mass is 9.90. The Morgan fingerprint density at radius 3 is 2.74 bits per heavy atom. The van der Waals surface area contributed by atoms with Crippen LogP contribution >= 0.6 is 0 Å². The van der Waals surface area contributed by atoms with Crippen molar-refractivity contribution in [3.63, 3.8) is 0 Å². The zero-order chi connectivity index (χ0) is 21.8. The molecule has 5 rings (SSSR count). The molecule has 0 radical (unpaired) electrons. The summed E-state index contributed by atoms with van der Waals surface area (Å²) in [5, 5.41) is 0. The summed E-state index contributed by atoms with van der Waals surface area (Å²) in [6, 6.07) is 7.98. The number of benzene rings is 1. The fourth-order valence-corrected chi connectivity index (χ4v) is 4.84. The Labute approximate surface area is 178 Å². The van der Waals surface area contributed by atoms with Crippen LogP contribution in [0.15, 0.2) is 35.5 Å². The van der Waals surface area contributed by atoms with E-state index in [0.717, 1.165) is 39.2 Å². The van der Waals surface area contributed by atoms with Gasteiger partial charge in [-0.05, 0) is 48.2 Å². The minimum Gasteiger partial charge on any atom is -0.334 e. The maximum absolute atomic E-state index is 12.8. The molecule has 8 heteroatoms. The van der Waals surface area contributed by atoms with Crippen molar-refractivity contribution in [2.75, 3.05) is 19.6 Å². The summed E-state index contributed by atoms with van der Waals surface area (Å²) < 4.78 is 38.2. The molecular weight excluding hydrogens is 405 g/mol. The van der Waals surface area contributed by atoms with Gasteiger partial charge in [-0.25, -0.2) is 0 Å². The summed E-state index contributed by atoms with van der Waals surface area (Å²) >= 11 is 0. The highest BCUT2D eigenvalue weighted by atomic mass is 19.4. The second kappa shape index (κ2) is 7.44. The number of likely N-dealkylation sites (tertiary alicyclic amines) is 1. The quantitative estimate of drug-likeness (QED) is 0.754. The summed E-state index contributed by atoms with van der Waals surface area (Å²) in [5.41, 5.74) is 7.04. The van der Waals surface area contributed by atoms with Crippen LogP contribution in [0.3, 0.4) is 0 Å². The van der Waals surface area contributed by atoms with Crippen molar-refractivity contribution >= 4 is 11.6 Å². The lowest BCUT2D eigenvalue weighted by Crippen LogP contribution is -2.45. The molecule has 3 aliphatic heterocycles. The van der Waals surface area contributed by atoms with E-state index in [0.29, 0.717) is 32.5 Å². The number of hydrogen-bond acceptors (Lipinski definition) is 4. The largest absolute Gasteiger partial charge is 0.401 e. The summed E-state index contributed by atoms with van der Waals surface area (Å²) in [6.07, 6.45) is -1.52. The third-order valence-electron chi connectivity index (χ3n) is 6.37. The van der Waals surface area contributed by atoms with E-state index >= 15 is 0 Å². The first kappa shape index (κ1) is 20.2. The van der Waals surface area contributed by atoms with Crippen molar-refractivity contribution in [1.29, 1.82) is 0 Å². The van der Waals surface area contributed by atoms with Gasteiger partial charge < -0.3 is 4.90 Å². The molecule has 162 valence electrons. The predicted octanol–water partition coefficient (Wildman–Crippen LogP) is 3.26. The number of aromatic nitrogens is 1. The fourth-order valence-electron chi connectivity index (χ4n) is 4.84. The van der Waals surface area contributed by atoms with E-state index in [-0.39, 0.29) is 18.5 Å². The molecule has 0 N–H and O–H groups in total. The molecule has 1 saturated heterocycles. The summed E-state index contributed by atoms with van der Waals surface area (Å²) in [6.45, 7) is 2.68. The smallest absolute Gasteiger partial charge is 0.334 e. The minimum absolute atomic E-state index is 0.00631. The van der Waals surface area contributed by atoms with Crippen LogP contribution in [0.25, 0.3) is 0 Å². The Morgan fingerprint density at radius 2 is 2.00 bits per heavy atom. The number of pyridine rings is 1. The third-order valence-corrected chi connectivity index (χ3v) is 6.37. The Morgan fingerprint density at radius 1 is 1.16 bits per heavy atom. The highest BCUT2D eigenvalue weighted by Crippen LogP contribution is 2.32. The zero-order valence-corrected chi connectivity index (χ0v) is 17.2. The van der Waals surface area contributed by atoms with Gasteiger partial charge in [-0.2, -0.15) is 13.2 Å². The number of carbonyl (C=O) groups is 1. The number of aliphatic imine (C=N–C) groups is 1. The van der Waals surface area contributed by atoms with Gasteiger partial charge in [0, 0.05) is 48.7 Å². The van der Waals surface area contributed by atoms with Crippen LogP contribution in [0.5, 0.6) is 0 Å². The number of aryl methyl sites for hydroxylation is 1. The summed E-state index contributed by atoms with van der Waals surface area (Å²) in [7, 11) is 0. The predicted molar refractivity (Wildman–Crippen MR) is 110 cm³/mol. The lowest BCUT2D eigenvalue weighted by Gasteiger charge is -2.34. The Kier molecular flexibility index (Phi) is 4.84. The maximum Gasteiger partial charge on any atom is 0.401 e. The van der Waals surface area contributed by atoms with Crippen LogP contribution in [0.4, 0.5) is 13.2 Å². The molecule has 0 aliphatic carbocycles. The van der Waals surface area contributed by atoms with Crippen molar-refractivity contribution in [2.45, 2.75) is 45.1 Å². The van der Waals surface area contributed by atoms with Crippen molar-refractivity contribution in [2.24, 2.45) is 4.99 Å². The topological polar surface area (TPSA) is 48.8 Å². The Hall–Kier alpha value is -2.74. The monoisotopic (exact) mass is 428 g/mol. The van der Waals surface area contributed by atoms with E-state index in [4.69, 9.17) is 4.99 Å². The first-order valence-electron chi connectivity index (χ1n) is 10.5. The molecule has 0 saturated carbocycles. The number of fused-ring (bicyclic) bond motifs is 2. The van der Waals surface area contributed by atoms with Gasteiger partial charge in [-0.1, -0.05) is 6.07 Å². The van der Waals surface area contributed by atoms with Crippen LogP contribution in [-0.4, -0.2) is 58.3 Å². The zero-order valence-electron chi connectivity index (χ0n) is 17.2. The molecule has 3 aliphatic rings. The average Bonchev–Trinajstić information content (AvgIpc) is 3.32. The first-order chi connectivity index (χ1) is 14.8. The normalized spacial score (nSPS) is 21.3. The van der Waals surface area contributed by atoms with E-state index in [1.807, 2.05) is 25.3 Å². The van der Waals surface area contributed by atoms with Crippen LogP contribution < -0.4 is 0 Å².